The predicted octanol–water partition coefficient (Wildman–Crippen LogP) is 3.01. The maximum Gasteiger partial charge on any atom is 0.243 e. The Morgan fingerprint density at radius 3 is 2.30 bits per heavy atom. The SMILES string of the molecule is COc1ccc(CCC(=O)NCC(=O)Nc2ccc(C)c(C)c2)cc1OC. The first-order chi connectivity index (χ1) is 12.9. The first-order valence-electron chi connectivity index (χ1n) is 8.77. The molecule has 2 rings (SSSR count). The molecule has 0 radical (unpaired) electrons. The third kappa shape index (κ3) is 6.02. The number of methoxy groups -OCH3 is 2. The number of carbonyl (C=O) groups excluding carboxylic acids is 2. The van der Waals surface area contributed by atoms with Crippen LogP contribution in [0.5, 0.6) is 11.5 Å². The highest BCUT2D eigenvalue weighted by atomic mass is 16.5. The Balaban J connectivity index is 1.78. The molecule has 0 aromatic heterocycles. The second kappa shape index (κ2) is 9.62. The second-order valence-electron chi connectivity index (χ2n) is 6.31. The molecule has 0 bridgehead atoms. The molecule has 0 heterocycles. The van der Waals surface area contributed by atoms with E-state index < -0.39 is 0 Å². The molecule has 0 saturated carbocycles. The lowest BCUT2D eigenvalue weighted by Gasteiger charge is -2.10. The van der Waals surface area contributed by atoms with Crippen molar-refractivity contribution in [2.24, 2.45) is 0 Å². The van der Waals surface area contributed by atoms with Crippen molar-refractivity contribution in [3.8, 4) is 11.5 Å². The number of ether oxygens (including phenoxy) is 2. The fourth-order valence-electron chi connectivity index (χ4n) is 2.59. The third-order valence-corrected chi connectivity index (χ3v) is 4.33. The van der Waals surface area contributed by atoms with Gasteiger partial charge in [-0.05, 0) is 61.2 Å². The van der Waals surface area contributed by atoms with Crippen LogP contribution in [0.3, 0.4) is 0 Å². The lowest BCUT2D eigenvalue weighted by Crippen LogP contribution is -2.33. The highest BCUT2D eigenvalue weighted by Crippen LogP contribution is 2.27. The summed E-state index contributed by atoms with van der Waals surface area (Å²) in [7, 11) is 3.15. The summed E-state index contributed by atoms with van der Waals surface area (Å²) < 4.78 is 10.5. The van der Waals surface area contributed by atoms with Crippen molar-refractivity contribution in [1.82, 2.24) is 5.32 Å². The van der Waals surface area contributed by atoms with Crippen LogP contribution in [0.25, 0.3) is 0 Å². The number of carbonyl (C=O) groups is 2. The molecule has 6 nitrogen and oxygen atoms in total. The monoisotopic (exact) mass is 370 g/mol. The van der Waals surface area contributed by atoms with Crippen molar-refractivity contribution in [1.29, 1.82) is 0 Å². The largest absolute Gasteiger partial charge is 0.493 e. The highest BCUT2D eigenvalue weighted by Gasteiger charge is 2.09. The van der Waals surface area contributed by atoms with Gasteiger partial charge in [0.2, 0.25) is 11.8 Å². The lowest BCUT2D eigenvalue weighted by atomic mass is 10.1. The Bertz CT molecular complexity index is 818. The number of benzene rings is 2. The number of hydrogen-bond acceptors (Lipinski definition) is 4. The van der Waals surface area contributed by atoms with Gasteiger partial charge < -0.3 is 20.1 Å². The van der Waals surface area contributed by atoms with Gasteiger partial charge in [0.15, 0.2) is 11.5 Å². The fraction of sp³-hybridized carbons (Fsp3) is 0.333. The van der Waals surface area contributed by atoms with Gasteiger partial charge >= 0.3 is 0 Å². The van der Waals surface area contributed by atoms with Crippen LogP contribution < -0.4 is 20.1 Å². The number of aryl methyl sites for hydroxylation is 3. The highest BCUT2D eigenvalue weighted by molar-refractivity contribution is 5.94. The van der Waals surface area contributed by atoms with Crippen LogP contribution in [0.15, 0.2) is 36.4 Å². The van der Waals surface area contributed by atoms with Gasteiger partial charge in [-0.25, -0.2) is 0 Å². The standard InChI is InChI=1S/C21H26N2O4/c1-14-5-8-17(11-15(14)2)23-21(25)13-22-20(24)10-7-16-6-9-18(26-3)19(12-16)27-4/h5-6,8-9,11-12H,7,10,13H2,1-4H3,(H,22,24)(H,23,25). The molecule has 2 N–H and O–H groups in total. The zero-order valence-corrected chi connectivity index (χ0v) is 16.2. The van der Waals surface area contributed by atoms with Crippen LogP contribution in [0.2, 0.25) is 0 Å². The van der Waals surface area contributed by atoms with Crippen molar-refractivity contribution >= 4 is 17.5 Å². The van der Waals surface area contributed by atoms with Crippen LogP contribution in [0.1, 0.15) is 23.1 Å². The van der Waals surface area contributed by atoms with Crippen molar-refractivity contribution in [3.63, 3.8) is 0 Å². The first-order valence-corrected chi connectivity index (χ1v) is 8.77. The lowest BCUT2D eigenvalue weighted by molar-refractivity contribution is -0.124. The van der Waals surface area contributed by atoms with Gasteiger partial charge in [-0.15, -0.1) is 0 Å². The van der Waals surface area contributed by atoms with Gasteiger partial charge in [0.1, 0.15) is 0 Å². The van der Waals surface area contributed by atoms with Gasteiger partial charge in [-0.2, -0.15) is 0 Å². The molecule has 0 aliphatic rings. The van der Waals surface area contributed by atoms with E-state index in [9.17, 15) is 9.59 Å². The van der Waals surface area contributed by atoms with Gasteiger partial charge in [-0.3, -0.25) is 9.59 Å². The second-order valence-corrected chi connectivity index (χ2v) is 6.31. The average molecular weight is 370 g/mol. The van der Waals surface area contributed by atoms with Crippen LogP contribution >= 0.6 is 0 Å². The smallest absolute Gasteiger partial charge is 0.243 e. The average Bonchev–Trinajstić information content (AvgIpc) is 2.67. The van der Waals surface area contributed by atoms with Gasteiger partial charge in [0, 0.05) is 12.1 Å². The van der Waals surface area contributed by atoms with E-state index in [4.69, 9.17) is 9.47 Å². The van der Waals surface area contributed by atoms with Crippen LogP contribution in [0, 0.1) is 13.8 Å². The zero-order chi connectivity index (χ0) is 19.8. The number of anilines is 1. The summed E-state index contributed by atoms with van der Waals surface area (Å²) >= 11 is 0. The maximum absolute atomic E-state index is 12.0. The van der Waals surface area contributed by atoms with E-state index in [1.54, 1.807) is 14.2 Å². The Labute approximate surface area is 159 Å². The van der Waals surface area contributed by atoms with E-state index in [0.717, 1.165) is 22.4 Å². The summed E-state index contributed by atoms with van der Waals surface area (Å²) in [5.41, 5.74) is 3.95. The topological polar surface area (TPSA) is 76.7 Å². The molecule has 2 amide bonds. The molecule has 0 saturated heterocycles. The molecule has 0 unspecified atom stereocenters. The quantitative estimate of drug-likeness (QED) is 0.749. The van der Waals surface area contributed by atoms with Gasteiger partial charge in [-0.1, -0.05) is 12.1 Å². The molecule has 0 spiro atoms. The molecule has 0 aliphatic carbocycles. The summed E-state index contributed by atoms with van der Waals surface area (Å²) in [5, 5.41) is 5.43. The van der Waals surface area contributed by atoms with Crippen molar-refractivity contribution in [3.05, 3.63) is 53.1 Å². The van der Waals surface area contributed by atoms with E-state index in [1.165, 1.54) is 0 Å². The van der Waals surface area contributed by atoms with E-state index >= 15 is 0 Å². The van der Waals surface area contributed by atoms with Crippen molar-refractivity contribution < 1.29 is 19.1 Å². The van der Waals surface area contributed by atoms with Crippen LogP contribution in [-0.4, -0.2) is 32.6 Å². The summed E-state index contributed by atoms with van der Waals surface area (Å²) in [4.78, 5) is 24.0. The minimum absolute atomic E-state index is 0.0578. The van der Waals surface area contributed by atoms with Gasteiger partial charge in [0.25, 0.3) is 0 Å². The third-order valence-electron chi connectivity index (χ3n) is 4.33. The molecule has 0 atom stereocenters. The Morgan fingerprint density at radius 2 is 1.63 bits per heavy atom. The summed E-state index contributed by atoms with van der Waals surface area (Å²) in [5.74, 6) is 0.842. The Hall–Kier alpha value is -3.02. The fourth-order valence-corrected chi connectivity index (χ4v) is 2.59. The first kappa shape index (κ1) is 20.3. The summed E-state index contributed by atoms with van der Waals surface area (Å²) in [6.45, 7) is 3.94. The molecule has 2 aromatic rings. The summed E-state index contributed by atoms with van der Waals surface area (Å²) in [6.07, 6.45) is 0.831. The predicted molar refractivity (Wildman–Crippen MR) is 105 cm³/mol. The van der Waals surface area contributed by atoms with Crippen LogP contribution in [0.4, 0.5) is 5.69 Å². The minimum atomic E-state index is -0.252. The van der Waals surface area contributed by atoms with E-state index in [0.29, 0.717) is 17.9 Å². The van der Waals surface area contributed by atoms with Gasteiger partial charge in [0.05, 0.1) is 20.8 Å². The Morgan fingerprint density at radius 1 is 0.889 bits per heavy atom. The van der Waals surface area contributed by atoms with Crippen molar-refractivity contribution in [2.75, 3.05) is 26.1 Å². The maximum atomic E-state index is 12.0. The van der Waals surface area contributed by atoms with E-state index in [1.807, 2.05) is 50.2 Å². The number of rotatable bonds is 8. The number of amides is 2. The zero-order valence-electron chi connectivity index (χ0n) is 16.2. The van der Waals surface area contributed by atoms with Crippen LogP contribution in [-0.2, 0) is 16.0 Å². The van der Waals surface area contributed by atoms with E-state index in [2.05, 4.69) is 10.6 Å². The molecule has 6 heteroatoms. The van der Waals surface area contributed by atoms with E-state index in [-0.39, 0.29) is 24.8 Å². The molecular formula is C21H26N2O4. The number of nitrogens with one attached hydrogen (secondary N) is 2. The number of hydrogen-bond donors (Lipinski definition) is 2. The normalized spacial score (nSPS) is 10.2. The molecule has 27 heavy (non-hydrogen) atoms. The Kier molecular flexibility index (Phi) is 7.23. The minimum Gasteiger partial charge on any atom is -0.493 e. The molecule has 0 fully saturated rings. The molecule has 0 aliphatic heterocycles. The summed E-state index contributed by atoms with van der Waals surface area (Å²) in [6, 6.07) is 11.3. The molecule has 144 valence electrons. The molecule has 2 aromatic carbocycles. The van der Waals surface area contributed by atoms with Crippen molar-refractivity contribution in [2.45, 2.75) is 26.7 Å². The molecular weight excluding hydrogens is 344 g/mol.